The molecule has 1 aliphatic rings. The molecule has 0 N–H and O–H groups in total. The van der Waals surface area contributed by atoms with Crippen LogP contribution >= 0.6 is 34.5 Å². The van der Waals surface area contributed by atoms with E-state index in [0.717, 1.165) is 0 Å². The zero-order chi connectivity index (χ0) is 20.3. The molecule has 28 heavy (non-hydrogen) atoms. The number of ketones is 1. The Kier molecular flexibility index (Phi) is 6.77. The molecule has 0 unspecified atom stereocenters. The lowest BCUT2D eigenvalue weighted by Crippen LogP contribution is -2.40. The van der Waals surface area contributed by atoms with Gasteiger partial charge in [-0.3, -0.25) is 9.59 Å². The maximum atomic E-state index is 12.5. The molecule has 2 aromatic rings. The molecule has 10 heteroatoms. The smallest absolute Gasteiger partial charge is 0.309 e. The number of hydrogen-bond acceptors (Lipinski definition) is 6. The average Bonchev–Trinajstić information content (AvgIpc) is 3.24. The SMILES string of the molecule is O=C(COC(=O)C1CCN(S(=O)(=O)c2cccs2)CC1)c1ccc(Cl)c(Cl)c1. The molecule has 3 rings (SSSR count). The molecule has 1 saturated heterocycles. The number of hydrogen-bond donors (Lipinski definition) is 0. The second-order valence-electron chi connectivity index (χ2n) is 6.27. The average molecular weight is 462 g/mol. The highest BCUT2D eigenvalue weighted by Gasteiger charge is 2.33. The Hall–Kier alpha value is -1.45. The maximum Gasteiger partial charge on any atom is 0.309 e. The lowest BCUT2D eigenvalue weighted by Gasteiger charge is -2.29. The van der Waals surface area contributed by atoms with Crippen LogP contribution in [0.25, 0.3) is 0 Å². The third-order valence-corrected chi connectivity index (χ3v) is 8.47. The van der Waals surface area contributed by atoms with Gasteiger partial charge in [-0.25, -0.2) is 8.42 Å². The molecule has 0 bridgehead atoms. The van der Waals surface area contributed by atoms with Gasteiger partial charge in [-0.05, 0) is 42.5 Å². The van der Waals surface area contributed by atoms with E-state index in [2.05, 4.69) is 0 Å². The van der Waals surface area contributed by atoms with Crippen molar-refractivity contribution in [2.24, 2.45) is 5.92 Å². The van der Waals surface area contributed by atoms with Crippen LogP contribution in [0.5, 0.6) is 0 Å². The van der Waals surface area contributed by atoms with Crippen molar-refractivity contribution in [3.63, 3.8) is 0 Å². The largest absolute Gasteiger partial charge is 0.457 e. The molecule has 150 valence electrons. The number of thiophene rings is 1. The third-order valence-electron chi connectivity index (χ3n) is 4.46. The van der Waals surface area contributed by atoms with Crippen molar-refractivity contribution in [1.82, 2.24) is 4.31 Å². The molecule has 1 aromatic carbocycles. The number of benzene rings is 1. The minimum atomic E-state index is -3.51. The molecule has 0 saturated carbocycles. The fourth-order valence-corrected chi connectivity index (χ4v) is 5.79. The van der Waals surface area contributed by atoms with Crippen molar-refractivity contribution < 1.29 is 22.7 Å². The highest BCUT2D eigenvalue weighted by molar-refractivity contribution is 7.91. The molecule has 0 spiro atoms. The van der Waals surface area contributed by atoms with Crippen molar-refractivity contribution in [3.05, 3.63) is 51.3 Å². The summed E-state index contributed by atoms with van der Waals surface area (Å²) in [6.45, 7) is 0.0754. The van der Waals surface area contributed by atoms with Crippen molar-refractivity contribution in [2.45, 2.75) is 17.1 Å². The molecule has 0 aliphatic carbocycles. The van der Waals surface area contributed by atoms with Crippen LogP contribution in [0.3, 0.4) is 0 Å². The first-order chi connectivity index (χ1) is 13.3. The Morgan fingerprint density at radius 3 is 2.46 bits per heavy atom. The van der Waals surface area contributed by atoms with Gasteiger partial charge in [0.25, 0.3) is 10.0 Å². The Morgan fingerprint density at radius 2 is 1.86 bits per heavy atom. The first kappa shape index (κ1) is 21.3. The van der Waals surface area contributed by atoms with Gasteiger partial charge in [0.05, 0.1) is 16.0 Å². The summed E-state index contributed by atoms with van der Waals surface area (Å²) in [5.74, 6) is -1.32. The monoisotopic (exact) mass is 461 g/mol. The predicted molar refractivity (Wildman–Crippen MR) is 108 cm³/mol. The van der Waals surface area contributed by atoms with Crippen LogP contribution in [0.15, 0.2) is 39.9 Å². The van der Waals surface area contributed by atoms with Crippen molar-refractivity contribution in [3.8, 4) is 0 Å². The van der Waals surface area contributed by atoms with Gasteiger partial charge in [-0.2, -0.15) is 4.31 Å². The topological polar surface area (TPSA) is 80.8 Å². The van der Waals surface area contributed by atoms with Crippen LogP contribution in [0.2, 0.25) is 10.0 Å². The standard InChI is InChI=1S/C18H17Cl2NO5S2/c19-14-4-3-13(10-15(14)20)16(22)11-26-18(23)12-5-7-21(8-6-12)28(24,25)17-2-1-9-27-17/h1-4,9-10,12H,5-8,11H2. The number of carbonyl (C=O) groups excluding carboxylic acids is 2. The van der Waals surface area contributed by atoms with Gasteiger partial charge in [0.2, 0.25) is 0 Å². The van der Waals surface area contributed by atoms with Crippen LogP contribution in [0.4, 0.5) is 0 Å². The van der Waals surface area contributed by atoms with Crippen LogP contribution in [0.1, 0.15) is 23.2 Å². The number of rotatable bonds is 6. The Bertz CT molecular complexity index is 968. The van der Waals surface area contributed by atoms with Crippen LogP contribution in [-0.4, -0.2) is 44.2 Å². The van der Waals surface area contributed by atoms with E-state index < -0.39 is 28.5 Å². The van der Waals surface area contributed by atoms with Gasteiger partial charge in [-0.1, -0.05) is 29.3 Å². The van der Waals surface area contributed by atoms with E-state index in [-0.39, 0.29) is 23.9 Å². The zero-order valence-corrected chi connectivity index (χ0v) is 17.8. The van der Waals surface area contributed by atoms with E-state index in [0.29, 0.717) is 27.6 Å². The van der Waals surface area contributed by atoms with E-state index >= 15 is 0 Å². The minimum Gasteiger partial charge on any atom is -0.457 e. The summed E-state index contributed by atoms with van der Waals surface area (Å²) in [5, 5.41) is 2.29. The zero-order valence-electron chi connectivity index (χ0n) is 14.6. The van der Waals surface area contributed by atoms with Crippen LogP contribution in [-0.2, 0) is 19.6 Å². The van der Waals surface area contributed by atoms with Gasteiger partial charge < -0.3 is 4.74 Å². The summed E-state index contributed by atoms with van der Waals surface area (Å²) < 4.78 is 31.8. The second-order valence-corrected chi connectivity index (χ2v) is 10.2. The van der Waals surface area contributed by atoms with Crippen LogP contribution in [0, 0.1) is 5.92 Å². The number of ether oxygens (including phenoxy) is 1. The van der Waals surface area contributed by atoms with E-state index in [1.54, 1.807) is 17.5 Å². The van der Waals surface area contributed by atoms with Crippen molar-refractivity contribution in [1.29, 1.82) is 0 Å². The number of piperidine rings is 1. The first-order valence-corrected chi connectivity index (χ1v) is 11.5. The summed E-state index contributed by atoms with van der Waals surface area (Å²) >= 11 is 12.9. The van der Waals surface area contributed by atoms with E-state index in [9.17, 15) is 18.0 Å². The summed E-state index contributed by atoms with van der Waals surface area (Å²) in [6, 6.07) is 7.69. The minimum absolute atomic E-state index is 0.237. The van der Waals surface area contributed by atoms with Gasteiger partial charge >= 0.3 is 5.97 Å². The molecular formula is C18H17Cl2NO5S2. The summed E-state index contributed by atoms with van der Waals surface area (Å²) in [5.41, 5.74) is 0.305. The number of nitrogens with zero attached hydrogens (tertiary/aromatic N) is 1. The number of sulfonamides is 1. The van der Waals surface area contributed by atoms with Crippen molar-refractivity contribution in [2.75, 3.05) is 19.7 Å². The number of esters is 1. The fourth-order valence-electron chi connectivity index (χ4n) is 2.88. The molecule has 1 fully saturated rings. The number of Topliss-reactive ketones (excluding diaryl/α,β-unsaturated/α-hetero) is 1. The van der Waals surface area contributed by atoms with Gasteiger partial charge in [-0.15, -0.1) is 11.3 Å². The van der Waals surface area contributed by atoms with Gasteiger partial charge in [0, 0.05) is 18.7 Å². The lowest BCUT2D eigenvalue weighted by molar-refractivity contribution is -0.148. The van der Waals surface area contributed by atoms with E-state index in [4.69, 9.17) is 27.9 Å². The Labute approximate surface area is 177 Å². The highest BCUT2D eigenvalue weighted by Crippen LogP contribution is 2.27. The molecule has 0 radical (unpaired) electrons. The molecule has 0 atom stereocenters. The highest BCUT2D eigenvalue weighted by atomic mass is 35.5. The normalized spacial score (nSPS) is 16.1. The quantitative estimate of drug-likeness (QED) is 0.481. The fraction of sp³-hybridized carbons (Fsp3) is 0.333. The van der Waals surface area contributed by atoms with Crippen LogP contribution < -0.4 is 0 Å². The third kappa shape index (κ3) is 4.75. The number of halogens is 2. The number of carbonyl (C=O) groups is 2. The van der Waals surface area contributed by atoms with Crippen molar-refractivity contribution >= 4 is 56.3 Å². The lowest BCUT2D eigenvalue weighted by atomic mass is 9.98. The molecular weight excluding hydrogens is 445 g/mol. The summed E-state index contributed by atoms with van der Waals surface area (Å²) in [4.78, 5) is 24.4. The molecule has 6 nitrogen and oxygen atoms in total. The molecule has 1 aliphatic heterocycles. The molecule has 0 amide bonds. The Morgan fingerprint density at radius 1 is 1.14 bits per heavy atom. The Balaban J connectivity index is 1.51. The molecule has 1 aromatic heterocycles. The first-order valence-electron chi connectivity index (χ1n) is 8.47. The van der Waals surface area contributed by atoms with E-state index in [1.165, 1.54) is 33.8 Å². The summed E-state index contributed by atoms with van der Waals surface area (Å²) in [7, 11) is -3.51. The maximum absolute atomic E-state index is 12.5. The van der Waals surface area contributed by atoms with Gasteiger partial charge in [0.15, 0.2) is 12.4 Å². The second kappa shape index (κ2) is 8.92. The molecule has 2 heterocycles. The van der Waals surface area contributed by atoms with Gasteiger partial charge in [0.1, 0.15) is 4.21 Å². The van der Waals surface area contributed by atoms with E-state index in [1.807, 2.05) is 0 Å². The predicted octanol–water partition coefficient (Wildman–Crippen LogP) is 3.88. The summed E-state index contributed by atoms with van der Waals surface area (Å²) in [6.07, 6.45) is 0.703.